The van der Waals surface area contributed by atoms with E-state index >= 15 is 0 Å². The highest BCUT2D eigenvalue weighted by molar-refractivity contribution is 5.81. The predicted octanol–water partition coefficient (Wildman–Crippen LogP) is 3.28. The summed E-state index contributed by atoms with van der Waals surface area (Å²) >= 11 is 0. The number of amides is 1. The van der Waals surface area contributed by atoms with Crippen LogP contribution >= 0.6 is 0 Å². The molecule has 1 N–H and O–H groups in total. The van der Waals surface area contributed by atoms with Gasteiger partial charge in [0.25, 0.3) is 5.91 Å². The van der Waals surface area contributed by atoms with Crippen molar-refractivity contribution < 1.29 is 19.4 Å². The minimum atomic E-state index is -0.819. The quantitative estimate of drug-likeness (QED) is 0.774. The molecule has 0 radical (unpaired) electrons. The molecule has 0 aliphatic carbocycles. The zero-order valence-corrected chi connectivity index (χ0v) is 17.8. The zero-order chi connectivity index (χ0) is 20.8. The Hall–Kier alpha value is -2.08. The molecule has 0 unspecified atom stereocenters. The fourth-order valence-electron chi connectivity index (χ4n) is 3.80. The second-order valence-electron chi connectivity index (χ2n) is 8.17. The highest BCUT2D eigenvalue weighted by atomic mass is 16.5. The lowest BCUT2D eigenvalue weighted by molar-refractivity contribution is -0.139. The summed E-state index contributed by atoms with van der Waals surface area (Å²) in [7, 11) is 1.84. The van der Waals surface area contributed by atoms with Crippen molar-refractivity contribution in [2.45, 2.75) is 65.0 Å². The highest BCUT2D eigenvalue weighted by Gasteiger charge is 2.27. The minimum Gasteiger partial charge on any atom is -0.481 e. The Morgan fingerprint density at radius 3 is 2.61 bits per heavy atom. The number of likely N-dealkylation sites (N-methyl/N-ethyl adjacent to an activating group) is 1. The van der Waals surface area contributed by atoms with E-state index in [0.29, 0.717) is 19.0 Å². The molecule has 1 saturated heterocycles. The average molecular weight is 391 g/mol. The van der Waals surface area contributed by atoms with E-state index in [1.54, 1.807) is 0 Å². The topological polar surface area (TPSA) is 70.1 Å². The Morgan fingerprint density at radius 2 is 1.96 bits per heavy atom. The molecule has 2 atom stereocenters. The number of rotatable bonds is 7. The third kappa shape index (κ3) is 5.96. The van der Waals surface area contributed by atoms with Crippen molar-refractivity contribution in [2.24, 2.45) is 0 Å². The lowest BCUT2D eigenvalue weighted by Gasteiger charge is -2.27. The molecule has 1 aliphatic rings. The second-order valence-corrected chi connectivity index (χ2v) is 8.17. The Bertz CT molecular complexity index is 689. The first-order valence-corrected chi connectivity index (χ1v) is 10.2. The van der Waals surface area contributed by atoms with Crippen LogP contribution in [0, 0.1) is 6.92 Å². The Labute approximate surface area is 168 Å². The number of nitrogens with zero attached hydrogens (tertiary/aromatic N) is 2. The van der Waals surface area contributed by atoms with Crippen molar-refractivity contribution >= 4 is 11.9 Å². The molecular formula is C22H34N2O4. The largest absolute Gasteiger partial charge is 0.481 e. The van der Waals surface area contributed by atoms with Crippen LogP contribution < -0.4 is 4.74 Å². The van der Waals surface area contributed by atoms with E-state index in [1.165, 1.54) is 0 Å². The van der Waals surface area contributed by atoms with Gasteiger partial charge in [-0.15, -0.1) is 0 Å². The number of ether oxygens (including phenoxy) is 1. The SMILES string of the molecule is Cc1ccc(C(C)C)c(O[C@@H](C)C(=O)N2CCC[C@@H](N(C)CC(=O)O)CC2)c1. The number of carbonyl (C=O) groups excluding carboxylic acids is 1. The van der Waals surface area contributed by atoms with Gasteiger partial charge in [0.2, 0.25) is 0 Å². The van der Waals surface area contributed by atoms with Gasteiger partial charge in [0.1, 0.15) is 5.75 Å². The number of carboxylic acid groups (broad SMARTS) is 1. The van der Waals surface area contributed by atoms with Crippen molar-refractivity contribution in [3.05, 3.63) is 29.3 Å². The van der Waals surface area contributed by atoms with E-state index in [1.807, 2.05) is 36.8 Å². The maximum Gasteiger partial charge on any atom is 0.317 e. The molecule has 1 aromatic carbocycles. The molecule has 2 rings (SSSR count). The molecule has 1 aromatic rings. The summed E-state index contributed by atoms with van der Waals surface area (Å²) in [6.45, 7) is 9.42. The maximum absolute atomic E-state index is 13.0. The van der Waals surface area contributed by atoms with E-state index < -0.39 is 12.1 Å². The molecule has 0 spiro atoms. The number of hydrogen-bond acceptors (Lipinski definition) is 4. The molecule has 0 aromatic heterocycles. The predicted molar refractivity (Wildman–Crippen MR) is 110 cm³/mol. The van der Waals surface area contributed by atoms with E-state index in [2.05, 4.69) is 26.0 Å². The lowest BCUT2D eigenvalue weighted by atomic mass is 10.0. The average Bonchev–Trinajstić information content (AvgIpc) is 2.86. The summed E-state index contributed by atoms with van der Waals surface area (Å²) in [6.07, 6.45) is 2.00. The molecule has 156 valence electrons. The van der Waals surface area contributed by atoms with Crippen LogP contribution in [0.3, 0.4) is 0 Å². The van der Waals surface area contributed by atoms with Gasteiger partial charge >= 0.3 is 5.97 Å². The molecule has 1 aliphatic heterocycles. The monoisotopic (exact) mass is 390 g/mol. The number of benzene rings is 1. The van der Waals surface area contributed by atoms with Crippen molar-refractivity contribution in [3.63, 3.8) is 0 Å². The van der Waals surface area contributed by atoms with Crippen LogP contribution in [0.2, 0.25) is 0 Å². The van der Waals surface area contributed by atoms with Gasteiger partial charge in [0, 0.05) is 19.1 Å². The normalized spacial score (nSPS) is 18.8. The molecular weight excluding hydrogens is 356 g/mol. The molecule has 1 heterocycles. The second kappa shape index (κ2) is 9.92. The number of carbonyl (C=O) groups is 2. The standard InChI is InChI=1S/C22H34N2O4/c1-15(2)19-9-8-16(3)13-20(19)28-17(4)22(27)24-11-6-7-18(10-12-24)23(5)14-21(25)26/h8-9,13,15,17-18H,6-7,10-12,14H2,1-5H3,(H,25,26)/t17-,18+/m0/s1. The summed E-state index contributed by atoms with van der Waals surface area (Å²) in [5.74, 6) is 0.282. The molecule has 6 nitrogen and oxygen atoms in total. The van der Waals surface area contributed by atoms with Gasteiger partial charge in [-0.2, -0.15) is 0 Å². The third-order valence-corrected chi connectivity index (χ3v) is 5.46. The van der Waals surface area contributed by atoms with Gasteiger partial charge in [-0.25, -0.2) is 0 Å². The van der Waals surface area contributed by atoms with Crippen molar-refractivity contribution in [2.75, 3.05) is 26.7 Å². The van der Waals surface area contributed by atoms with E-state index in [9.17, 15) is 9.59 Å². The van der Waals surface area contributed by atoms with Crippen LogP contribution in [0.5, 0.6) is 5.75 Å². The van der Waals surface area contributed by atoms with Gasteiger partial charge in [0.05, 0.1) is 6.54 Å². The van der Waals surface area contributed by atoms with E-state index in [4.69, 9.17) is 9.84 Å². The number of aryl methyl sites for hydroxylation is 1. The van der Waals surface area contributed by atoms with Gasteiger partial charge in [-0.1, -0.05) is 26.0 Å². The maximum atomic E-state index is 13.0. The molecule has 0 bridgehead atoms. The van der Waals surface area contributed by atoms with Crippen molar-refractivity contribution in [1.82, 2.24) is 9.80 Å². The van der Waals surface area contributed by atoms with Crippen LogP contribution in [-0.2, 0) is 9.59 Å². The first kappa shape index (κ1) is 22.2. The summed E-state index contributed by atoms with van der Waals surface area (Å²) in [5.41, 5.74) is 2.22. The smallest absolute Gasteiger partial charge is 0.317 e. The van der Waals surface area contributed by atoms with Crippen LogP contribution in [0.4, 0.5) is 0 Å². The van der Waals surface area contributed by atoms with Crippen molar-refractivity contribution in [1.29, 1.82) is 0 Å². The number of carboxylic acids is 1. The van der Waals surface area contributed by atoms with Crippen LogP contribution in [0.25, 0.3) is 0 Å². The summed E-state index contributed by atoms with van der Waals surface area (Å²) in [4.78, 5) is 27.7. The van der Waals surface area contributed by atoms with Crippen LogP contribution in [0.1, 0.15) is 57.1 Å². The molecule has 1 fully saturated rings. The van der Waals surface area contributed by atoms with Gasteiger partial charge < -0.3 is 14.7 Å². The van der Waals surface area contributed by atoms with Crippen molar-refractivity contribution in [3.8, 4) is 5.75 Å². The lowest BCUT2D eigenvalue weighted by Crippen LogP contribution is -2.42. The van der Waals surface area contributed by atoms with E-state index in [0.717, 1.165) is 36.1 Å². The van der Waals surface area contributed by atoms with Gasteiger partial charge in [-0.05, 0) is 63.3 Å². The first-order chi connectivity index (χ1) is 13.2. The number of hydrogen-bond donors (Lipinski definition) is 1. The summed E-state index contributed by atoms with van der Waals surface area (Å²) in [6, 6.07) is 6.33. The first-order valence-electron chi connectivity index (χ1n) is 10.2. The van der Waals surface area contributed by atoms with Crippen LogP contribution in [-0.4, -0.2) is 65.6 Å². The molecule has 1 amide bonds. The molecule has 6 heteroatoms. The fourth-order valence-corrected chi connectivity index (χ4v) is 3.80. The molecule has 0 saturated carbocycles. The number of likely N-dealkylation sites (tertiary alicyclic amines) is 1. The van der Waals surface area contributed by atoms with E-state index in [-0.39, 0.29) is 18.5 Å². The summed E-state index contributed by atoms with van der Waals surface area (Å²) < 4.78 is 6.09. The summed E-state index contributed by atoms with van der Waals surface area (Å²) in [5, 5.41) is 9.00. The van der Waals surface area contributed by atoms with Crippen LogP contribution in [0.15, 0.2) is 18.2 Å². The molecule has 28 heavy (non-hydrogen) atoms. The fraction of sp³-hybridized carbons (Fsp3) is 0.636. The Morgan fingerprint density at radius 1 is 1.25 bits per heavy atom. The highest BCUT2D eigenvalue weighted by Crippen LogP contribution is 2.28. The minimum absolute atomic E-state index is 0.00208. The third-order valence-electron chi connectivity index (χ3n) is 5.46. The number of aliphatic carboxylic acids is 1. The van der Waals surface area contributed by atoms with Gasteiger partial charge in [0.15, 0.2) is 6.10 Å². The Balaban J connectivity index is 2.00. The Kier molecular flexibility index (Phi) is 7.87. The van der Waals surface area contributed by atoms with Gasteiger partial charge in [-0.3, -0.25) is 14.5 Å². The zero-order valence-electron chi connectivity index (χ0n) is 17.8.